The number of hydrogen-bond acceptors (Lipinski definition) is 3. The van der Waals surface area contributed by atoms with Crippen molar-refractivity contribution in [3.63, 3.8) is 0 Å². The van der Waals surface area contributed by atoms with E-state index in [1.54, 1.807) is 11.8 Å². The van der Waals surface area contributed by atoms with Crippen LogP contribution < -0.4 is 5.32 Å². The summed E-state index contributed by atoms with van der Waals surface area (Å²) in [7, 11) is 0. The molecule has 2 N–H and O–H groups in total. The number of aryl methyl sites for hydroxylation is 1. The minimum Gasteiger partial charge on any atom is -0.480 e. The Balaban J connectivity index is 2.14. The average Bonchev–Trinajstić information content (AvgIpc) is 2.71. The van der Waals surface area contributed by atoms with Crippen molar-refractivity contribution in [3.05, 3.63) is 33.8 Å². The van der Waals surface area contributed by atoms with Crippen LogP contribution in [-0.4, -0.2) is 22.9 Å². The molecule has 86 valence electrons. The number of thioether (sulfide) groups is 1. The van der Waals surface area contributed by atoms with Crippen molar-refractivity contribution in [3.8, 4) is 0 Å². The van der Waals surface area contributed by atoms with Gasteiger partial charge in [0.25, 0.3) is 0 Å². The van der Waals surface area contributed by atoms with Gasteiger partial charge in [0.2, 0.25) is 0 Å². The standard InChI is InChI=1S/C11H12BrNO2S/c1-6-4-7(2-3-8(6)12)10-13-9(5-16-10)11(14)15/h2-4,9-10,13H,5H2,1H3,(H,14,15). The minimum absolute atomic E-state index is 0.0906. The van der Waals surface area contributed by atoms with Crippen LogP contribution in [0.2, 0.25) is 0 Å². The van der Waals surface area contributed by atoms with Gasteiger partial charge in [-0.3, -0.25) is 10.1 Å². The molecule has 1 saturated heterocycles. The third kappa shape index (κ3) is 2.42. The van der Waals surface area contributed by atoms with Gasteiger partial charge in [-0.25, -0.2) is 0 Å². The second-order valence-corrected chi connectivity index (χ2v) is 5.77. The van der Waals surface area contributed by atoms with Crippen LogP contribution in [0.15, 0.2) is 22.7 Å². The first kappa shape index (κ1) is 12.0. The maximum Gasteiger partial charge on any atom is 0.321 e. The lowest BCUT2D eigenvalue weighted by Crippen LogP contribution is -2.33. The number of rotatable bonds is 2. The predicted molar refractivity (Wildman–Crippen MR) is 68.6 cm³/mol. The summed E-state index contributed by atoms with van der Waals surface area (Å²) in [4.78, 5) is 10.8. The smallest absolute Gasteiger partial charge is 0.321 e. The Hall–Kier alpha value is -0.520. The fourth-order valence-corrected chi connectivity index (χ4v) is 3.11. The molecule has 2 atom stereocenters. The number of nitrogens with one attached hydrogen (secondary N) is 1. The molecule has 5 heteroatoms. The van der Waals surface area contributed by atoms with E-state index in [1.165, 1.54) is 5.56 Å². The van der Waals surface area contributed by atoms with Crippen LogP contribution in [-0.2, 0) is 4.79 Å². The molecule has 1 aliphatic rings. The van der Waals surface area contributed by atoms with Crippen molar-refractivity contribution in [2.24, 2.45) is 0 Å². The SMILES string of the molecule is Cc1cc(C2NC(C(=O)O)CS2)ccc1Br. The second kappa shape index (κ2) is 4.77. The quantitative estimate of drug-likeness (QED) is 0.881. The number of halogens is 1. The Morgan fingerprint density at radius 1 is 1.62 bits per heavy atom. The molecular formula is C11H12BrNO2S. The largest absolute Gasteiger partial charge is 0.480 e. The number of aliphatic carboxylic acids is 1. The summed E-state index contributed by atoms with van der Waals surface area (Å²) < 4.78 is 1.08. The van der Waals surface area contributed by atoms with Gasteiger partial charge in [-0.05, 0) is 24.1 Å². The van der Waals surface area contributed by atoms with Crippen molar-refractivity contribution in [1.82, 2.24) is 5.32 Å². The molecule has 1 aliphatic heterocycles. The first-order valence-corrected chi connectivity index (χ1v) is 6.78. The van der Waals surface area contributed by atoms with Gasteiger partial charge in [-0.15, -0.1) is 11.8 Å². The van der Waals surface area contributed by atoms with Gasteiger partial charge in [0.15, 0.2) is 0 Å². The maximum atomic E-state index is 10.8. The summed E-state index contributed by atoms with van der Waals surface area (Å²) in [5.41, 5.74) is 2.30. The first-order valence-electron chi connectivity index (χ1n) is 4.94. The van der Waals surface area contributed by atoms with Crippen LogP contribution in [0, 0.1) is 6.92 Å². The van der Waals surface area contributed by atoms with Crippen molar-refractivity contribution in [2.45, 2.75) is 18.3 Å². The fourth-order valence-electron chi connectivity index (χ4n) is 1.64. The van der Waals surface area contributed by atoms with Crippen LogP contribution in [0.25, 0.3) is 0 Å². The van der Waals surface area contributed by atoms with Gasteiger partial charge in [0.05, 0.1) is 5.37 Å². The zero-order valence-electron chi connectivity index (χ0n) is 8.74. The zero-order chi connectivity index (χ0) is 11.7. The Bertz CT molecular complexity index is 424. The lowest BCUT2D eigenvalue weighted by Gasteiger charge is -2.12. The molecular weight excluding hydrogens is 290 g/mol. The third-order valence-corrected chi connectivity index (χ3v) is 4.72. The topological polar surface area (TPSA) is 49.3 Å². The number of benzene rings is 1. The number of hydrogen-bond donors (Lipinski definition) is 2. The van der Waals surface area contributed by atoms with Gasteiger partial charge in [0, 0.05) is 10.2 Å². The summed E-state index contributed by atoms with van der Waals surface area (Å²) in [6.45, 7) is 2.03. The second-order valence-electron chi connectivity index (χ2n) is 3.78. The molecule has 2 unspecified atom stereocenters. The minimum atomic E-state index is -0.774. The van der Waals surface area contributed by atoms with E-state index in [4.69, 9.17) is 5.11 Å². The normalized spacial score (nSPS) is 24.6. The van der Waals surface area contributed by atoms with E-state index in [2.05, 4.69) is 27.3 Å². The molecule has 1 heterocycles. The van der Waals surface area contributed by atoms with Crippen molar-refractivity contribution in [2.75, 3.05) is 5.75 Å². The highest BCUT2D eigenvalue weighted by Gasteiger charge is 2.30. The van der Waals surface area contributed by atoms with Crippen LogP contribution >= 0.6 is 27.7 Å². The summed E-state index contributed by atoms with van der Waals surface area (Å²) in [5, 5.41) is 12.1. The Kier molecular flexibility index (Phi) is 3.56. The van der Waals surface area contributed by atoms with E-state index in [9.17, 15) is 4.79 Å². The molecule has 0 bridgehead atoms. The molecule has 0 saturated carbocycles. The van der Waals surface area contributed by atoms with E-state index in [1.807, 2.05) is 19.1 Å². The van der Waals surface area contributed by atoms with E-state index >= 15 is 0 Å². The van der Waals surface area contributed by atoms with Crippen LogP contribution in [0.1, 0.15) is 16.5 Å². The molecule has 0 spiro atoms. The van der Waals surface area contributed by atoms with Gasteiger partial charge >= 0.3 is 5.97 Å². The average molecular weight is 302 g/mol. The van der Waals surface area contributed by atoms with E-state index in [0.717, 1.165) is 10.0 Å². The third-order valence-electron chi connectivity index (χ3n) is 2.56. The van der Waals surface area contributed by atoms with Gasteiger partial charge in [-0.1, -0.05) is 28.1 Å². The van der Waals surface area contributed by atoms with Crippen LogP contribution in [0.5, 0.6) is 0 Å². The Labute approximate surface area is 107 Å². The predicted octanol–water partition coefficient (Wildman–Crippen LogP) is 2.55. The summed E-state index contributed by atoms with van der Waals surface area (Å²) in [6.07, 6.45) is 0. The van der Waals surface area contributed by atoms with Crippen molar-refractivity contribution < 1.29 is 9.90 Å². The van der Waals surface area contributed by atoms with Crippen LogP contribution in [0.3, 0.4) is 0 Å². The molecule has 0 aromatic heterocycles. The molecule has 16 heavy (non-hydrogen) atoms. The summed E-state index contributed by atoms with van der Waals surface area (Å²) in [6, 6.07) is 5.67. The lowest BCUT2D eigenvalue weighted by atomic mass is 10.1. The summed E-state index contributed by atoms with van der Waals surface area (Å²) in [5.74, 6) is -0.154. The molecule has 1 aromatic carbocycles. The van der Waals surface area contributed by atoms with E-state index in [0.29, 0.717) is 5.75 Å². The fraction of sp³-hybridized carbons (Fsp3) is 0.364. The maximum absolute atomic E-state index is 10.8. The molecule has 0 radical (unpaired) electrons. The number of carboxylic acid groups (broad SMARTS) is 1. The number of carbonyl (C=O) groups is 1. The Morgan fingerprint density at radius 2 is 2.38 bits per heavy atom. The molecule has 1 fully saturated rings. The molecule has 2 rings (SSSR count). The van der Waals surface area contributed by atoms with E-state index < -0.39 is 12.0 Å². The lowest BCUT2D eigenvalue weighted by molar-refractivity contribution is -0.138. The van der Waals surface area contributed by atoms with Gasteiger partial charge < -0.3 is 5.11 Å². The van der Waals surface area contributed by atoms with Gasteiger partial charge in [0.1, 0.15) is 6.04 Å². The van der Waals surface area contributed by atoms with E-state index in [-0.39, 0.29) is 5.37 Å². The van der Waals surface area contributed by atoms with Crippen LogP contribution in [0.4, 0.5) is 0 Å². The molecule has 0 aliphatic carbocycles. The molecule has 3 nitrogen and oxygen atoms in total. The highest BCUT2D eigenvalue weighted by Crippen LogP contribution is 2.34. The monoisotopic (exact) mass is 301 g/mol. The molecule has 1 aromatic rings. The highest BCUT2D eigenvalue weighted by atomic mass is 79.9. The van der Waals surface area contributed by atoms with Crippen molar-refractivity contribution in [1.29, 1.82) is 0 Å². The van der Waals surface area contributed by atoms with Gasteiger partial charge in [-0.2, -0.15) is 0 Å². The molecule has 0 amide bonds. The highest BCUT2D eigenvalue weighted by molar-refractivity contribution is 9.10. The first-order chi connectivity index (χ1) is 7.58. The Morgan fingerprint density at radius 3 is 2.94 bits per heavy atom. The number of carboxylic acids is 1. The van der Waals surface area contributed by atoms with Crippen molar-refractivity contribution >= 4 is 33.7 Å². The zero-order valence-corrected chi connectivity index (χ0v) is 11.1. The summed E-state index contributed by atoms with van der Waals surface area (Å²) >= 11 is 5.09.